The van der Waals surface area contributed by atoms with Crippen molar-refractivity contribution in [2.24, 2.45) is 11.8 Å². The SMILES string of the molecule is CC1(C)OC(=O)C(C2(NCc3ccccc3)[C@@H]3CCCC[C@@H]32)=C(O)O1. The number of rotatable bonds is 4. The third kappa shape index (κ3) is 2.71. The van der Waals surface area contributed by atoms with E-state index in [1.54, 1.807) is 13.8 Å². The number of carbonyl (C=O) groups excluding carboxylic acids is 1. The Hall–Kier alpha value is -2.01. The van der Waals surface area contributed by atoms with Crippen molar-refractivity contribution in [3.63, 3.8) is 0 Å². The van der Waals surface area contributed by atoms with Gasteiger partial charge in [0.25, 0.3) is 11.7 Å². The van der Waals surface area contributed by atoms with E-state index in [0.717, 1.165) is 31.2 Å². The van der Waals surface area contributed by atoms with Crippen molar-refractivity contribution in [1.82, 2.24) is 5.32 Å². The zero-order valence-corrected chi connectivity index (χ0v) is 14.7. The highest BCUT2D eigenvalue weighted by molar-refractivity contribution is 5.93. The summed E-state index contributed by atoms with van der Waals surface area (Å²) in [5.41, 5.74) is 0.889. The summed E-state index contributed by atoms with van der Waals surface area (Å²) in [6, 6.07) is 10.1. The Morgan fingerprint density at radius 1 is 1.12 bits per heavy atom. The van der Waals surface area contributed by atoms with Crippen LogP contribution in [0.1, 0.15) is 45.1 Å². The van der Waals surface area contributed by atoms with Crippen LogP contribution in [0.3, 0.4) is 0 Å². The van der Waals surface area contributed by atoms with Gasteiger partial charge in [-0.15, -0.1) is 0 Å². The van der Waals surface area contributed by atoms with Crippen LogP contribution in [-0.2, 0) is 20.8 Å². The van der Waals surface area contributed by atoms with Crippen LogP contribution >= 0.6 is 0 Å². The number of cyclic esters (lactones) is 1. The molecule has 1 aromatic rings. The first kappa shape index (κ1) is 16.5. The van der Waals surface area contributed by atoms with E-state index >= 15 is 0 Å². The van der Waals surface area contributed by atoms with Crippen LogP contribution in [0.2, 0.25) is 0 Å². The van der Waals surface area contributed by atoms with Crippen LogP contribution in [0.4, 0.5) is 0 Å². The summed E-state index contributed by atoms with van der Waals surface area (Å²) in [6.07, 6.45) is 4.43. The number of hydrogen-bond acceptors (Lipinski definition) is 5. The summed E-state index contributed by atoms with van der Waals surface area (Å²) < 4.78 is 10.9. The van der Waals surface area contributed by atoms with Gasteiger partial charge in [-0.05, 0) is 30.2 Å². The van der Waals surface area contributed by atoms with Gasteiger partial charge >= 0.3 is 5.97 Å². The van der Waals surface area contributed by atoms with Crippen LogP contribution in [0.5, 0.6) is 0 Å². The zero-order valence-electron chi connectivity index (χ0n) is 14.7. The fourth-order valence-electron chi connectivity index (χ4n) is 4.70. The van der Waals surface area contributed by atoms with Crippen LogP contribution in [0, 0.1) is 11.8 Å². The molecule has 134 valence electrons. The normalized spacial score (nSPS) is 33.3. The Balaban J connectivity index is 1.67. The van der Waals surface area contributed by atoms with E-state index in [1.807, 2.05) is 18.2 Å². The summed E-state index contributed by atoms with van der Waals surface area (Å²) in [4.78, 5) is 12.7. The maximum absolute atomic E-state index is 12.7. The Labute approximate surface area is 148 Å². The lowest BCUT2D eigenvalue weighted by Gasteiger charge is -2.34. The van der Waals surface area contributed by atoms with Gasteiger partial charge in [0.2, 0.25) is 0 Å². The molecule has 3 aliphatic rings. The molecule has 25 heavy (non-hydrogen) atoms. The Morgan fingerprint density at radius 2 is 1.76 bits per heavy atom. The van der Waals surface area contributed by atoms with Gasteiger partial charge in [-0.3, -0.25) is 0 Å². The quantitative estimate of drug-likeness (QED) is 0.820. The molecule has 5 nitrogen and oxygen atoms in total. The van der Waals surface area contributed by atoms with Crippen molar-refractivity contribution in [3.8, 4) is 0 Å². The van der Waals surface area contributed by atoms with E-state index in [9.17, 15) is 9.90 Å². The number of ether oxygens (including phenoxy) is 2. The van der Waals surface area contributed by atoms with Gasteiger partial charge in [-0.25, -0.2) is 4.79 Å². The smallest absolute Gasteiger partial charge is 0.346 e. The molecule has 2 saturated carbocycles. The minimum Gasteiger partial charge on any atom is -0.480 e. The molecule has 5 heteroatoms. The van der Waals surface area contributed by atoms with Gasteiger partial charge < -0.3 is 19.9 Å². The third-order valence-corrected chi connectivity index (χ3v) is 5.77. The lowest BCUT2D eigenvalue weighted by molar-refractivity contribution is -0.223. The molecule has 0 bridgehead atoms. The molecule has 0 saturated heterocycles. The van der Waals surface area contributed by atoms with Crippen LogP contribution in [-0.4, -0.2) is 22.4 Å². The predicted octanol–water partition coefficient (Wildman–Crippen LogP) is 3.41. The number of fused-ring (bicyclic) bond motifs is 1. The molecule has 2 aliphatic carbocycles. The summed E-state index contributed by atoms with van der Waals surface area (Å²) in [5, 5.41) is 14.1. The van der Waals surface area contributed by atoms with Crippen molar-refractivity contribution in [2.75, 3.05) is 0 Å². The molecule has 1 aliphatic heterocycles. The van der Waals surface area contributed by atoms with E-state index in [4.69, 9.17) is 9.47 Å². The number of aliphatic hydroxyl groups excluding tert-OH is 1. The first-order valence-electron chi connectivity index (χ1n) is 9.09. The van der Waals surface area contributed by atoms with Gasteiger partial charge in [0.15, 0.2) is 0 Å². The van der Waals surface area contributed by atoms with E-state index in [1.165, 1.54) is 0 Å². The molecular formula is C20H25NO4. The molecule has 1 aromatic carbocycles. The Kier molecular flexibility index (Phi) is 3.80. The molecule has 0 radical (unpaired) electrons. The number of carbonyl (C=O) groups is 1. The summed E-state index contributed by atoms with van der Waals surface area (Å²) >= 11 is 0. The number of benzene rings is 1. The van der Waals surface area contributed by atoms with Gasteiger partial charge in [-0.2, -0.15) is 0 Å². The minimum atomic E-state index is -1.13. The highest BCUT2D eigenvalue weighted by Crippen LogP contribution is 2.63. The van der Waals surface area contributed by atoms with E-state index < -0.39 is 17.3 Å². The number of aliphatic hydroxyl groups is 1. The highest BCUT2D eigenvalue weighted by atomic mass is 16.8. The molecule has 0 aromatic heterocycles. The van der Waals surface area contributed by atoms with Crippen molar-refractivity contribution in [2.45, 2.75) is 57.4 Å². The van der Waals surface area contributed by atoms with Gasteiger partial charge in [-0.1, -0.05) is 43.2 Å². The van der Waals surface area contributed by atoms with Crippen molar-refractivity contribution >= 4 is 5.97 Å². The fourth-order valence-corrected chi connectivity index (χ4v) is 4.70. The molecule has 3 atom stereocenters. The average Bonchev–Trinajstić information content (AvgIpc) is 3.21. The minimum absolute atomic E-state index is 0.277. The number of nitrogens with one attached hydrogen (secondary N) is 1. The second-order valence-electron chi connectivity index (χ2n) is 7.78. The lowest BCUT2D eigenvalue weighted by Crippen LogP contribution is -2.46. The molecule has 0 spiro atoms. The maximum Gasteiger partial charge on any atom is 0.346 e. The first-order valence-corrected chi connectivity index (χ1v) is 9.09. The molecule has 2 N–H and O–H groups in total. The maximum atomic E-state index is 12.7. The van der Waals surface area contributed by atoms with Crippen molar-refractivity contribution in [1.29, 1.82) is 0 Å². The standard InChI is InChI=1S/C20H25NO4/c1-19(2)24-17(22)16(18(23)25-19)20(14-10-6-7-11-15(14)20)21-12-13-8-4-3-5-9-13/h3-5,8-9,14-15,21-22H,6-7,10-12H2,1-2H3/t14-,15+,20?. The van der Waals surface area contributed by atoms with Crippen LogP contribution in [0.25, 0.3) is 0 Å². The van der Waals surface area contributed by atoms with Crippen molar-refractivity contribution < 1.29 is 19.4 Å². The predicted molar refractivity (Wildman–Crippen MR) is 92.4 cm³/mol. The molecule has 4 rings (SSSR count). The van der Waals surface area contributed by atoms with Gasteiger partial charge in [0.1, 0.15) is 5.57 Å². The van der Waals surface area contributed by atoms with E-state index in [-0.39, 0.29) is 11.5 Å². The average molecular weight is 343 g/mol. The van der Waals surface area contributed by atoms with E-state index in [0.29, 0.717) is 18.4 Å². The summed E-state index contributed by atoms with van der Waals surface area (Å²) in [6.45, 7) is 3.89. The summed E-state index contributed by atoms with van der Waals surface area (Å²) in [7, 11) is 0. The summed E-state index contributed by atoms with van der Waals surface area (Å²) in [5.74, 6) is -1.19. The topological polar surface area (TPSA) is 67.8 Å². The lowest BCUT2D eigenvalue weighted by atomic mass is 9.99. The van der Waals surface area contributed by atoms with Gasteiger partial charge in [0, 0.05) is 20.4 Å². The third-order valence-electron chi connectivity index (χ3n) is 5.77. The highest BCUT2D eigenvalue weighted by Gasteiger charge is 2.70. The van der Waals surface area contributed by atoms with E-state index in [2.05, 4.69) is 17.4 Å². The molecule has 1 heterocycles. The first-order chi connectivity index (χ1) is 11.9. The number of hydrogen-bond donors (Lipinski definition) is 2. The number of esters is 1. The second kappa shape index (κ2) is 5.77. The van der Waals surface area contributed by atoms with Crippen LogP contribution in [0.15, 0.2) is 41.9 Å². The van der Waals surface area contributed by atoms with Crippen molar-refractivity contribution in [3.05, 3.63) is 47.4 Å². The fraction of sp³-hybridized carbons (Fsp3) is 0.550. The monoisotopic (exact) mass is 343 g/mol. The molecular weight excluding hydrogens is 318 g/mol. The molecule has 1 unspecified atom stereocenters. The Morgan fingerprint density at radius 3 is 2.36 bits per heavy atom. The Bertz CT molecular complexity index is 698. The second-order valence-corrected chi connectivity index (χ2v) is 7.78. The molecule has 0 amide bonds. The zero-order chi connectivity index (χ0) is 17.7. The van der Waals surface area contributed by atoms with Crippen LogP contribution < -0.4 is 5.32 Å². The largest absolute Gasteiger partial charge is 0.480 e. The van der Waals surface area contributed by atoms with Gasteiger partial charge in [0.05, 0.1) is 5.54 Å². The molecule has 2 fully saturated rings.